The number of nitrogen functional groups attached to an aromatic ring is 1. The van der Waals surface area contributed by atoms with Gasteiger partial charge in [0.15, 0.2) is 0 Å². The zero-order chi connectivity index (χ0) is 14.5. The van der Waals surface area contributed by atoms with Crippen molar-refractivity contribution in [1.29, 1.82) is 0 Å². The molecule has 0 atom stereocenters. The normalized spacial score (nSPS) is 10.1. The second kappa shape index (κ2) is 5.87. The van der Waals surface area contributed by atoms with Crippen molar-refractivity contribution in [3.63, 3.8) is 0 Å². The molecule has 0 aliphatic rings. The van der Waals surface area contributed by atoms with Crippen LogP contribution in [-0.4, -0.2) is 16.5 Å². The van der Waals surface area contributed by atoms with E-state index in [1.165, 1.54) is 12.1 Å². The van der Waals surface area contributed by atoms with E-state index in [9.17, 15) is 10.1 Å². The number of hydrogen-bond donors (Lipinski definition) is 1. The number of benzene rings is 1. The maximum atomic E-state index is 10.6. The maximum absolute atomic E-state index is 10.6. The Kier molecular flexibility index (Phi) is 3.99. The molecule has 7 nitrogen and oxygen atoms in total. The second-order valence-electron chi connectivity index (χ2n) is 3.82. The Bertz CT molecular complexity index is 614. The van der Waals surface area contributed by atoms with Crippen LogP contribution in [0.5, 0.6) is 17.4 Å². The van der Waals surface area contributed by atoms with Crippen LogP contribution in [0, 0.1) is 10.1 Å². The molecule has 0 amide bonds. The zero-order valence-corrected chi connectivity index (χ0v) is 10.8. The van der Waals surface area contributed by atoms with Gasteiger partial charge in [-0.3, -0.25) is 10.1 Å². The molecule has 0 saturated heterocycles. The quantitative estimate of drug-likeness (QED) is 0.665. The van der Waals surface area contributed by atoms with E-state index in [4.69, 9.17) is 15.2 Å². The molecule has 2 aromatic rings. The summed E-state index contributed by atoms with van der Waals surface area (Å²) in [6.45, 7) is 2.48. The van der Waals surface area contributed by atoms with Crippen LogP contribution in [0.1, 0.15) is 6.92 Å². The molecule has 1 heterocycles. The molecule has 0 unspecified atom stereocenters. The standard InChI is InChI=1S/C13H13N3O4/c1-2-19-9-3-5-10(6-4-9)20-12-8-7-11(16(17)18)13(14)15-12/h3-8H,2H2,1H3,(H2,14,15). The van der Waals surface area contributed by atoms with E-state index in [0.717, 1.165) is 5.75 Å². The summed E-state index contributed by atoms with van der Waals surface area (Å²) in [6.07, 6.45) is 0. The van der Waals surface area contributed by atoms with Crippen LogP contribution in [0.3, 0.4) is 0 Å². The summed E-state index contributed by atoms with van der Waals surface area (Å²) in [4.78, 5) is 13.9. The minimum atomic E-state index is -0.594. The molecule has 2 rings (SSSR count). The van der Waals surface area contributed by atoms with E-state index in [2.05, 4.69) is 4.98 Å². The summed E-state index contributed by atoms with van der Waals surface area (Å²) in [5, 5.41) is 10.6. The van der Waals surface area contributed by atoms with Crippen molar-refractivity contribution in [2.75, 3.05) is 12.3 Å². The van der Waals surface area contributed by atoms with Gasteiger partial charge in [-0.2, -0.15) is 4.98 Å². The van der Waals surface area contributed by atoms with E-state index < -0.39 is 4.92 Å². The Hall–Kier alpha value is -2.83. The first-order valence-corrected chi connectivity index (χ1v) is 5.91. The van der Waals surface area contributed by atoms with E-state index >= 15 is 0 Å². The van der Waals surface area contributed by atoms with Gasteiger partial charge in [0, 0.05) is 12.1 Å². The van der Waals surface area contributed by atoms with Gasteiger partial charge in [-0.15, -0.1) is 0 Å². The highest BCUT2D eigenvalue weighted by atomic mass is 16.6. The Morgan fingerprint density at radius 2 is 1.85 bits per heavy atom. The smallest absolute Gasteiger partial charge is 0.311 e. The monoisotopic (exact) mass is 275 g/mol. The number of nitro groups is 1. The number of pyridine rings is 1. The van der Waals surface area contributed by atoms with E-state index in [-0.39, 0.29) is 17.4 Å². The van der Waals surface area contributed by atoms with Gasteiger partial charge in [0.25, 0.3) is 0 Å². The third kappa shape index (κ3) is 3.14. The minimum absolute atomic E-state index is 0.182. The summed E-state index contributed by atoms with van der Waals surface area (Å²) >= 11 is 0. The maximum Gasteiger partial charge on any atom is 0.311 e. The van der Waals surface area contributed by atoms with Crippen molar-refractivity contribution in [3.8, 4) is 17.4 Å². The lowest BCUT2D eigenvalue weighted by Gasteiger charge is -2.07. The minimum Gasteiger partial charge on any atom is -0.494 e. The predicted molar refractivity (Wildman–Crippen MR) is 73.0 cm³/mol. The molecule has 104 valence electrons. The van der Waals surface area contributed by atoms with E-state index in [0.29, 0.717) is 12.4 Å². The van der Waals surface area contributed by atoms with E-state index in [1.807, 2.05) is 6.92 Å². The predicted octanol–water partition coefficient (Wildman–Crippen LogP) is 2.76. The second-order valence-corrected chi connectivity index (χ2v) is 3.82. The lowest BCUT2D eigenvalue weighted by atomic mass is 10.3. The first kappa shape index (κ1) is 13.6. The molecule has 1 aromatic carbocycles. The fourth-order valence-corrected chi connectivity index (χ4v) is 1.55. The summed E-state index contributed by atoms with van der Waals surface area (Å²) < 4.78 is 10.8. The summed E-state index contributed by atoms with van der Waals surface area (Å²) in [5.74, 6) is 1.28. The third-order valence-electron chi connectivity index (χ3n) is 2.43. The van der Waals surface area contributed by atoms with Crippen LogP contribution in [0.2, 0.25) is 0 Å². The van der Waals surface area contributed by atoms with Gasteiger partial charge in [-0.1, -0.05) is 0 Å². The molecule has 1 aromatic heterocycles. The first-order chi connectivity index (χ1) is 9.60. The van der Waals surface area contributed by atoms with Gasteiger partial charge in [0.1, 0.15) is 11.5 Å². The van der Waals surface area contributed by atoms with Crippen LogP contribution in [0.25, 0.3) is 0 Å². The van der Waals surface area contributed by atoms with Gasteiger partial charge in [-0.05, 0) is 31.2 Å². The first-order valence-electron chi connectivity index (χ1n) is 5.91. The Morgan fingerprint density at radius 3 is 2.40 bits per heavy atom. The molecule has 0 saturated carbocycles. The van der Waals surface area contributed by atoms with E-state index in [1.54, 1.807) is 24.3 Å². The molecular formula is C13H13N3O4. The Morgan fingerprint density at radius 1 is 1.20 bits per heavy atom. The van der Waals surface area contributed by atoms with Crippen LogP contribution in [0.15, 0.2) is 36.4 Å². The number of hydrogen-bond acceptors (Lipinski definition) is 6. The summed E-state index contributed by atoms with van der Waals surface area (Å²) in [7, 11) is 0. The van der Waals surface area contributed by atoms with Crippen LogP contribution >= 0.6 is 0 Å². The molecule has 2 N–H and O–H groups in total. The molecule has 0 aliphatic carbocycles. The van der Waals surface area contributed by atoms with Gasteiger partial charge >= 0.3 is 5.69 Å². The third-order valence-corrected chi connectivity index (χ3v) is 2.43. The van der Waals surface area contributed by atoms with Gasteiger partial charge in [0.2, 0.25) is 11.7 Å². The number of rotatable bonds is 5. The molecule has 7 heteroatoms. The molecule has 0 bridgehead atoms. The summed E-state index contributed by atoms with van der Waals surface area (Å²) in [5.41, 5.74) is 5.24. The lowest BCUT2D eigenvalue weighted by molar-refractivity contribution is -0.384. The SMILES string of the molecule is CCOc1ccc(Oc2ccc([N+](=O)[O-])c(N)n2)cc1. The van der Waals surface area contributed by atoms with Crippen molar-refractivity contribution in [1.82, 2.24) is 4.98 Å². The largest absolute Gasteiger partial charge is 0.494 e. The van der Waals surface area contributed by atoms with Crippen LogP contribution in [0.4, 0.5) is 11.5 Å². The van der Waals surface area contributed by atoms with Gasteiger partial charge < -0.3 is 15.2 Å². The number of aromatic nitrogens is 1. The molecule has 0 spiro atoms. The number of anilines is 1. The average molecular weight is 275 g/mol. The number of nitrogens with two attached hydrogens (primary N) is 1. The number of ether oxygens (including phenoxy) is 2. The zero-order valence-electron chi connectivity index (χ0n) is 10.8. The fraction of sp³-hybridized carbons (Fsp3) is 0.154. The average Bonchev–Trinajstić information content (AvgIpc) is 2.41. The molecule has 0 fully saturated rings. The van der Waals surface area contributed by atoms with Crippen molar-refractivity contribution in [2.45, 2.75) is 6.92 Å². The highest BCUT2D eigenvalue weighted by Crippen LogP contribution is 2.26. The Labute approximate surface area is 115 Å². The van der Waals surface area contributed by atoms with Gasteiger partial charge in [0.05, 0.1) is 11.5 Å². The topological polar surface area (TPSA) is 101 Å². The Balaban J connectivity index is 2.13. The van der Waals surface area contributed by atoms with Crippen molar-refractivity contribution in [3.05, 3.63) is 46.5 Å². The summed E-state index contributed by atoms with van der Waals surface area (Å²) in [6, 6.07) is 9.59. The van der Waals surface area contributed by atoms with Crippen molar-refractivity contribution >= 4 is 11.5 Å². The van der Waals surface area contributed by atoms with Crippen molar-refractivity contribution in [2.24, 2.45) is 0 Å². The molecule has 0 radical (unpaired) electrons. The lowest BCUT2D eigenvalue weighted by Crippen LogP contribution is -1.99. The number of nitrogens with zero attached hydrogens (tertiary/aromatic N) is 2. The van der Waals surface area contributed by atoms with Crippen LogP contribution < -0.4 is 15.2 Å². The van der Waals surface area contributed by atoms with Crippen molar-refractivity contribution < 1.29 is 14.4 Å². The highest BCUT2D eigenvalue weighted by molar-refractivity contribution is 5.53. The fourth-order valence-electron chi connectivity index (χ4n) is 1.55. The molecule has 20 heavy (non-hydrogen) atoms. The van der Waals surface area contributed by atoms with Gasteiger partial charge in [-0.25, -0.2) is 0 Å². The molecular weight excluding hydrogens is 262 g/mol. The highest BCUT2D eigenvalue weighted by Gasteiger charge is 2.13. The molecule has 0 aliphatic heterocycles. The van der Waals surface area contributed by atoms with Crippen LogP contribution in [-0.2, 0) is 0 Å².